The molecule has 0 spiro atoms. The average molecular weight is 403 g/mol. The summed E-state index contributed by atoms with van der Waals surface area (Å²) in [6.07, 6.45) is 3.37. The molecule has 1 aliphatic rings. The van der Waals surface area contributed by atoms with E-state index < -0.39 is 0 Å². The Morgan fingerprint density at radius 1 is 0.933 bits per heavy atom. The largest absolute Gasteiger partial charge is 0.492 e. The summed E-state index contributed by atoms with van der Waals surface area (Å²) in [6, 6.07) is 25.0. The molecule has 1 heterocycles. The number of likely N-dealkylation sites (tertiary alicyclic amines) is 1. The number of piperidine rings is 1. The Kier molecular flexibility index (Phi) is 6.99. The summed E-state index contributed by atoms with van der Waals surface area (Å²) in [5.74, 6) is 1.12. The Labute approximate surface area is 178 Å². The maximum Gasteiger partial charge on any atom is 0.220 e. The first-order chi connectivity index (χ1) is 14.8. The molecule has 0 radical (unpaired) electrons. The number of nitrogens with zero attached hydrogens (tertiary/aromatic N) is 1. The van der Waals surface area contributed by atoms with Gasteiger partial charge in [0.2, 0.25) is 5.91 Å². The minimum absolute atomic E-state index is 0.164. The van der Waals surface area contributed by atoms with Crippen molar-refractivity contribution in [2.75, 3.05) is 26.2 Å². The predicted octanol–water partition coefficient (Wildman–Crippen LogP) is 4.43. The number of benzene rings is 3. The number of hydrogen-bond donors (Lipinski definition) is 1. The first-order valence-electron chi connectivity index (χ1n) is 10.9. The Bertz CT molecular complexity index is 944. The number of nitrogens with one attached hydrogen (secondary N) is 1. The van der Waals surface area contributed by atoms with Crippen LogP contribution in [0.25, 0.3) is 10.8 Å². The zero-order valence-corrected chi connectivity index (χ0v) is 17.4. The highest BCUT2D eigenvalue weighted by atomic mass is 16.5. The highest BCUT2D eigenvalue weighted by molar-refractivity contribution is 5.88. The Morgan fingerprint density at radius 2 is 1.67 bits per heavy atom. The van der Waals surface area contributed by atoms with Crippen molar-refractivity contribution in [2.45, 2.75) is 31.7 Å². The molecule has 4 rings (SSSR count). The summed E-state index contributed by atoms with van der Waals surface area (Å²) in [4.78, 5) is 14.7. The van der Waals surface area contributed by atoms with Crippen LogP contribution in [0, 0.1) is 0 Å². The zero-order chi connectivity index (χ0) is 20.6. The number of carbonyl (C=O) groups is 1. The molecule has 0 saturated carbocycles. The third kappa shape index (κ3) is 5.61. The lowest BCUT2D eigenvalue weighted by Gasteiger charge is -2.32. The molecular weight excluding hydrogens is 372 g/mol. The van der Waals surface area contributed by atoms with Gasteiger partial charge in [0.1, 0.15) is 12.4 Å². The van der Waals surface area contributed by atoms with Crippen molar-refractivity contribution in [2.24, 2.45) is 0 Å². The first kappa shape index (κ1) is 20.4. The molecule has 4 nitrogen and oxygen atoms in total. The Hall–Kier alpha value is -2.85. The first-order valence-corrected chi connectivity index (χ1v) is 10.9. The van der Waals surface area contributed by atoms with Crippen LogP contribution < -0.4 is 10.1 Å². The van der Waals surface area contributed by atoms with Gasteiger partial charge < -0.3 is 10.1 Å². The highest BCUT2D eigenvalue weighted by Crippen LogP contribution is 2.25. The molecule has 0 atom stereocenters. The quantitative estimate of drug-likeness (QED) is 0.606. The molecule has 1 aliphatic heterocycles. The fraction of sp³-hybridized carbons (Fsp3) is 0.346. The molecule has 1 saturated heterocycles. The van der Waals surface area contributed by atoms with Gasteiger partial charge in [-0.2, -0.15) is 0 Å². The van der Waals surface area contributed by atoms with Gasteiger partial charge in [-0.1, -0.05) is 66.7 Å². The third-order valence-electron chi connectivity index (χ3n) is 5.85. The van der Waals surface area contributed by atoms with Crippen LogP contribution in [0.15, 0.2) is 72.8 Å². The van der Waals surface area contributed by atoms with Crippen molar-refractivity contribution >= 4 is 16.7 Å². The number of amides is 1. The van der Waals surface area contributed by atoms with Gasteiger partial charge in [-0.15, -0.1) is 0 Å². The van der Waals surface area contributed by atoms with Gasteiger partial charge in [0, 0.05) is 37.5 Å². The van der Waals surface area contributed by atoms with Gasteiger partial charge >= 0.3 is 0 Å². The van der Waals surface area contributed by atoms with Crippen molar-refractivity contribution in [3.8, 4) is 5.75 Å². The molecule has 1 amide bonds. The van der Waals surface area contributed by atoms with Crippen molar-refractivity contribution in [3.63, 3.8) is 0 Å². The molecule has 1 fully saturated rings. The van der Waals surface area contributed by atoms with Gasteiger partial charge in [-0.3, -0.25) is 9.69 Å². The van der Waals surface area contributed by atoms with E-state index in [1.54, 1.807) is 0 Å². The smallest absolute Gasteiger partial charge is 0.220 e. The number of rotatable bonds is 8. The van der Waals surface area contributed by atoms with Crippen LogP contribution in [0.3, 0.4) is 0 Å². The SMILES string of the molecule is O=C(CCc1ccccc1)NC1CCN(CCOc2cccc3ccccc23)CC1. The molecule has 30 heavy (non-hydrogen) atoms. The second-order valence-electron chi connectivity index (χ2n) is 7.99. The van der Waals surface area contributed by atoms with Gasteiger partial charge in [-0.25, -0.2) is 0 Å². The Balaban J connectivity index is 1.15. The van der Waals surface area contributed by atoms with Crippen molar-refractivity contribution < 1.29 is 9.53 Å². The normalized spacial score (nSPS) is 15.2. The minimum atomic E-state index is 0.164. The van der Waals surface area contributed by atoms with E-state index in [4.69, 9.17) is 4.74 Å². The number of ether oxygens (including phenoxy) is 1. The number of fused-ring (bicyclic) bond motifs is 1. The second-order valence-corrected chi connectivity index (χ2v) is 7.99. The van der Waals surface area contributed by atoms with Crippen molar-refractivity contribution in [1.29, 1.82) is 0 Å². The molecule has 0 bridgehead atoms. The van der Waals surface area contributed by atoms with E-state index >= 15 is 0 Å². The lowest BCUT2D eigenvalue weighted by Crippen LogP contribution is -2.45. The maximum absolute atomic E-state index is 12.3. The Morgan fingerprint density at radius 3 is 2.50 bits per heavy atom. The molecule has 1 N–H and O–H groups in total. The van der Waals surface area contributed by atoms with E-state index in [1.807, 2.05) is 36.4 Å². The summed E-state index contributed by atoms with van der Waals surface area (Å²) < 4.78 is 6.08. The molecule has 3 aromatic carbocycles. The van der Waals surface area contributed by atoms with E-state index in [1.165, 1.54) is 10.9 Å². The van der Waals surface area contributed by atoms with Crippen LogP contribution in [-0.2, 0) is 11.2 Å². The van der Waals surface area contributed by atoms with Crippen LogP contribution in [0.4, 0.5) is 0 Å². The van der Waals surface area contributed by atoms with Gasteiger partial charge in [0.15, 0.2) is 0 Å². The fourth-order valence-corrected chi connectivity index (χ4v) is 4.11. The summed E-state index contributed by atoms with van der Waals surface area (Å²) >= 11 is 0. The monoisotopic (exact) mass is 402 g/mol. The topological polar surface area (TPSA) is 41.6 Å². The van der Waals surface area contributed by atoms with E-state index in [0.29, 0.717) is 19.1 Å². The molecular formula is C26H30N2O2. The summed E-state index contributed by atoms with van der Waals surface area (Å²) in [6.45, 7) is 3.60. The van der Waals surface area contributed by atoms with Crippen LogP contribution in [0.1, 0.15) is 24.8 Å². The highest BCUT2D eigenvalue weighted by Gasteiger charge is 2.20. The van der Waals surface area contributed by atoms with Gasteiger partial charge in [0.05, 0.1) is 0 Å². The van der Waals surface area contributed by atoms with Crippen LogP contribution >= 0.6 is 0 Å². The predicted molar refractivity (Wildman–Crippen MR) is 122 cm³/mol. The molecule has 0 aliphatic carbocycles. The van der Waals surface area contributed by atoms with E-state index in [0.717, 1.165) is 50.0 Å². The van der Waals surface area contributed by atoms with Gasteiger partial charge in [-0.05, 0) is 36.3 Å². The standard InChI is InChI=1S/C26H30N2O2/c29-26(14-13-21-7-2-1-3-8-21)27-23-15-17-28(18-16-23)19-20-30-25-12-6-10-22-9-4-5-11-24(22)25/h1-12,23H,13-20H2,(H,27,29). The zero-order valence-electron chi connectivity index (χ0n) is 17.4. The molecule has 0 unspecified atom stereocenters. The molecule has 4 heteroatoms. The maximum atomic E-state index is 12.3. The lowest BCUT2D eigenvalue weighted by atomic mass is 10.0. The lowest BCUT2D eigenvalue weighted by molar-refractivity contribution is -0.122. The van der Waals surface area contributed by atoms with Gasteiger partial charge in [0.25, 0.3) is 0 Å². The van der Waals surface area contributed by atoms with Crippen LogP contribution in [0.5, 0.6) is 5.75 Å². The van der Waals surface area contributed by atoms with E-state index in [2.05, 4.69) is 46.6 Å². The van der Waals surface area contributed by atoms with Crippen molar-refractivity contribution in [1.82, 2.24) is 10.2 Å². The second kappa shape index (κ2) is 10.3. The molecule has 0 aromatic heterocycles. The summed E-state index contributed by atoms with van der Waals surface area (Å²) in [7, 11) is 0. The fourth-order valence-electron chi connectivity index (χ4n) is 4.11. The third-order valence-corrected chi connectivity index (χ3v) is 5.85. The van der Waals surface area contributed by atoms with E-state index in [-0.39, 0.29) is 5.91 Å². The summed E-state index contributed by atoms with van der Waals surface area (Å²) in [5, 5.41) is 5.59. The number of carbonyl (C=O) groups excluding carboxylic acids is 1. The summed E-state index contributed by atoms with van der Waals surface area (Å²) in [5.41, 5.74) is 1.22. The minimum Gasteiger partial charge on any atom is -0.492 e. The molecule has 156 valence electrons. The van der Waals surface area contributed by atoms with E-state index in [9.17, 15) is 4.79 Å². The van der Waals surface area contributed by atoms with Crippen molar-refractivity contribution in [3.05, 3.63) is 78.4 Å². The number of aryl methyl sites for hydroxylation is 1. The average Bonchev–Trinajstić information content (AvgIpc) is 2.80. The van der Waals surface area contributed by atoms with Crippen LogP contribution in [-0.4, -0.2) is 43.1 Å². The van der Waals surface area contributed by atoms with Crippen LogP contribution in [0.2, 0.25) is 0 Å². The molecule has 3 aromatic rings. The number of hydrogen-bond acceptors (Lipinski definition) is 3.